The molecule has 1 N–H and O–H groups in total. The van der Waals surface area contributed by atoms with Crippen LogP contribution in [0.4, 0.5) is 0 Å². The maximum Gasteiger partial charge on any atom is 0.175 e. The van der Waals surface area contributed by atoms with Gasteiger partial charge >= 0.3 is 0 Å². The van der Waals surface area contributed by atoms with Crippen LogP contribution in [0.15, 0.2) is 27.6 Å². The van der Waals surface area contributed by atoms with Crippen LogP contribution in [0.1, 0.15) is 18.4 Å². The molecule has 1 aromatic carbocycles. The van der Waals surface area contributed by atoms with E-state index in [9.17, 15) is 8.42 Å². The zero-order valence-corrected chi connectivity index (χ0v) is 11.0. The van der Waals surface area contributed by atoms with E-state index in [2.05, 4.69) is 15.9 Å². The Bertz CT molecular complexity index is 454. The van der Waals surface area contributed by atoms with Crippen molar-refractivity contribution < 1.29 is 13.5 Å². The normalized spacial score (nSPS) is 13.9. The van der Waals surface area contributed by atoms with Crippen LogP contribution in [0.5, 0.6) is 0 Å². The predicted octanol–water partition coefficient (Wildman–Crippen LogP) is 1.95. The van der Waals surface area contributed by atoms with Crippen molar-refractivity contribution in [1.82, 2.24) is 0 Å². The molecule has 0 bridgehead atoms. The maximum absolute atomic E-state index is 11.4. The molecule has 84 valence electrons. The molecule has 1 atom stereocenters. The van der Waals surface area contributed by atoms with E-state index >= 15 is 0 Å². The molecule has 0 heterocycles. The summed E-state index contributed by atoms with van der Waals surface area (Å²) in [6, 6.07) is 4.97. The zero-order valence-electron chi connectivity index (χ0n) is 8.57. The minimum atomic E-state index is -3.20. The van der Waals surface area contributed by atoms with Gasteiger partial charge in [-0.2, -0.15) is 0 Å². The number of benzene rings is 1. The van der Waals surface area contributed by atoms with Gasteiger partial charge in [-0.3, -0.25) is 0 Å². The van der Waals surface area contributed by atoms with Crippen molar-refractivity contribution in [3.63, 3.8) is 0 Å². The molecular formula is C10H13BrO3S. The Hall–Kier alpha value is -0.390. The summed E-state index contributed by atoms with van der Waals surface area (Å²) < 4.78 is 23.4. The largest absolute Gasteiger partial charge is 0.396 e. The standard InChI is InChI=1S/C10H13BrO3S/c1-7(6-12)8-3-9(11)5-10(4-8)15(2,13)14/h3-5,7,12H,6H2,1-2H3. The van der Waals surface area contributed by atoms with Crippen LogP contribution < -0.4 is 0 Å². The molecule has 1 unspecified atom stereocenters. The van der Waals surface area contributed by atoms with Gasteiger partial charge in [-0.1, -0.05) is 22.9 Å². The Kier molecular flexibility index (Phi) is 3.92. The Labute approximate surface area is 98.2 Å². The zero-order chi connectivity index (χ0) is 11.6. The third-order valence-corrected chi connectivity index (χ3v) is 3.71. The van der Waals surface area contributed by atoms with Gasteiger partial charge in [0.05, 0.1) is 4.90 Å². The molecule has 0 saturated heterocycles. The molecule has 15 heavy (non-hydrogen) atoms. The minimum absolute atomic E-state index is 0.000342. The van der Waals surface area contributed by atoms with E-state index in [-0.39, 0.29) is 17.4 Å². The molecule has 0 radical (unpaired) electrons. The number of rotatable bonds is 3. The van der Waals surface area contributed by atoms with E-state index in [0.29, 0.717) is 4.47 Å². The van der Waals surface area contributed by atoms with E-state index in [4.69, 9.17) is 5.11 Å². The summed E-state index contributed by atoms with van der Waals surface area (Å²) in [4.78, 5) is 0.271. The fourth-order valence-corrected chi connectivity index (χ4v) is 2.54. The summed E-state index contributed by atoms with van der Waals surface area (Å²) >= 11 is 3.26. The van der Waals surface area contributed by atoms with Crippen LogP contribution in [0, 0.1) is 0 Å². The van der Waals surface area contributed by atoms with Crippen LogP contribution in [-0.4, -0.2) is 26.4 Å². The second-order valence-electron chi connectivity index (χ2n) is 3.58. The lowest BCUT2D eigenvalue weighted by molar-refractivity contribution is 0.273. The lowest BCUT2D eigenvalue weighted by Gasteiger charge is -2.10. The monoisotopic (exact) mass is 292 g/mol. The van der Waals surface area contributed by atoms with Crippen molar-refractivity contribution in [3.05, 3.63) is 28.2 Å². The molecule has 0 fully saturated rings. The van der Waals surface area contributed by atoms with Gasteiger partial charge in [0.2, 0.25) is 0 Å². The van der Waals surface area contributed by atoms with E-state index in [1.807, 2.05) is 13.0 Å². The van der Waals surface area contributed by atoms with E-state index in [0.717, 1.165) is 5.56 Å². The van der Waals surface area contributed by atoms with Crippen molar-refractivity contribution in [3.8, 4) is 0 Å². The third-order valence-electron chi connectivity index (χ3n) is 2.16. The minimum Gasteiger partial charge on any atom is -0.396 e. The van der Waals surface area contributed by atoms with Crippen LogP contribution in [0.25, 0.3) is 0 Å². The van der Waals surface area contributed by atoms with Gasteiger partial charge in [0.25, 0.3) is 0 Å². The predicted molar refractivity (Wildman–Crippen MR) is 62.8 cm³/mol. The first-order chi connectivity index (χ1) is 6.84. The lowest BCUT2D eigenvalue weighted by Crippen LogP contribution is -2.03. The van der Waals surface area contributed by atoms with Crippen molar-refractivity contribution in [2.45, 2.75) is 17.7 Å². The molecule has 0 aromatic heterocycles. The summed E-state index contributed by atoms with van der Waals surface area (Å²) in [5.74, 6) is -0.0667. The Morgan fingerprint density at radius 2 is 2.00 bits per heavy atom. The van der Waals surface area contributed by atoms with Crippen molar-refractivity contribution in [1.29, 1.82) is 0 Å². The lowest BCUT2D eigenvalue weighted by atomic mass is 10.0. The first kappa shape index (κ1) is 12.7. The summed E-state index contributed by atoms with van der Waals surface area (Å²) in [5.41, 5.74) is 0.812. The van der Waals surface area contributed by atoms with Crippen LogP contribution in [0.2, 0.25) is 0 Å². The number of aliphatic hydroxyl groups excluding tert-OH is 1. The SMILES string of the molecule is CC(CO)c1cc(Br)cc(S(C)(=O)=O)c1. The van der Waals surface area contributed by atoms with Crippen molar-refractivity contribution in [2.75, 3.05) is 12.9 Å². The second-order valence-corrected chi connectivity index (χ2v) is 6.51. The quantitative estimate of drug-likeness (QED) is 0.926. The Morgan fingerprint density at radius 1 is 1.40 bits per heavy atom. The first-order valence-corrected chi connectivity index (χ1v) is 7.14. The van der Waals surface area contributed by atoms with E-state index in [1.54, 1.807) is 12.1 Å². The van der Waals surface area contributed by atoms with Gasteiger partial charge in [0.1, 0.15) is 0 Å². The molecule has 0 amide bonds. The smallest absolute Gasteiger partial charge is 0.175 e. The highest BCUT2D eigenvalue weighted by molar-refractivity contribution is 9.10. The molecule has 3 nitrogen and oxygen atoms in total. The molecule has 0 aliphatic carbocycles. The summed E-state index contributed by atoms with van der Waals surface area (Å²) in [6.45, 7) is 1.84. The van der Waals surface area contributed by atoms with Crippen LogP contribution in [0.3, 0.4) is 0 Å². The van der Waals surface area contributed by atoms with Crippen molar-refractivity contribution >= 4 is 25.8 Å². The first-order valence-electron chi connectivity index (χ1n) is 4.46. The fraction of sp³-hybridized carbons (Fsp3) is 0.400. The number of halogens is 1. The number of hydrogen-bond acceptors (Lipinski definition) is 3. The molecule has 0 aliphatic rings. The molecule has 0 saturated carbocycles. The molecule has 5 heteroatoms. The van der Waals surface area contributed by atoms with Crippen molar-refractivity contribution in [2.24, 2.45) is 0 Å². The molecule has 1 rings (SSSR count). The Balaban J connectivity index is 3.29. The highest BCUT2D eigenvalue weighted by Crippen LogP contribution is 2.24. The van der Waals surface area contributed by atoms with Gasteiger partial charge in [-0.25, -0.2) is 8.42 Å². The highest BCUT2D eigenvalue weighted by Gasteiger charge is 2.12. The van der Waals surface area contributed by atoms with Gasteiger partial charge in [-0.05, 0) is 23.8 Å². The molecule has 0 spiro atoms. The van der Waals surface area contributed by atoms with Gasteiger partial charge in [-0.15, -0.1) is 0 Å². The number of sulfone groups is 1. The number of aliphatic hydroxyl groups is 1. The van der Waals surface area contributed by atoms with Gasteiger partial charge in [0, 0.05) is 23.3 Å². The van der Waals surface area contributed by atoms with E-state index < -0.39 is 9.84 Å². The fourth-order valence-electron chi connectivity index (χ4n) is 1.19. The summed E-state index contributed by atoms with van der Waals surface area (Å²) in [6.07, 6.45) is 1.17. The third kappa shape index (κ3) is 3.29. The molecule has 0 aliphatic heterocycles. The van der Waals surface area contributed by atoms with Gasteiger partial charge < -0.3 is 5.11 Å². The van der Waals surface area contributed by atoms with Gasteiger partial charge in [0.15, 0.2) is 9.84 Å². The van der Waals surface area contributed by atoms with Crippen LogP contribution >= 0.6 is 15.9 Å². The average Bonchev–Trinajstić information content (AvgIpc) is 2.14. The summed E-state index contributed by atoms with van der Waals surface area (Å²) in [5, 5.41) is 9.01. The maximum atomic E-state index is 11.4. The van der Waals surface area contributed by atoms with Crippen LogP contribution in [-0.2, 0) is 9.84 Å². The van der Waals surface area contributed by atoms with E-state index in [1.165, 1.54) is 6.26 Å². The molecule has 1 aromatic rings. The topological polar surface area (TPSA) is 54.4 Å². The highest BCUT2D eigenvalue weighted by atomic mass is 79.9. The second kappa shape index (κ2) is 4.63. The summed E-state index contributed by atoms with van der Waals surface area (Å²) in [7, 11) is -3.20. The number of hydrogen-bond donors (Lipinski definition) is 1. The molecular weight excluding hydrogens is 280 g/mol. The Morgan fingerprint density at radius 3 is 2.47 bits per heavy atom. The average molecular weight is 293 g/mol.